The lowest BCUT2D eigenvalue weighted by molar-refractivity contribution is 0.00897. The number of nitrogens with one attached hydrogen (secondary N) is 1. The summed E-state index contributed by atoms with van der Waals surface area (Å²) in [5.74, 6) is -2.46. The molecule has 0 saturated carbocycles. The highest BCUT2D eigenvalue weighted by Gasteiger charge is 2.40. The van der Waals surface area contributed by atoms with E-state index in [1.54, 1.807) is 0 Å². The van der Waals surface area contributed by atoms with Crippen LogP contribution < -0.4 is 5.32 Å². The Labute approximate surface area is 161 Å². The van der Waals surface area contributed by atoms with Crippen molar-refractivity contribution in [3.63, 3.8) is 0 Å². The van der Waals surface area contributed by atoms with Gasteiger partial charge in [-0.15, -0.1) is 10.2 Å². The van der Waals surface area contributed by atoms with Gasteiger partial charge in [0.2, 0.25) is 5.89 Å². The number of hydrogen-bond donors (Lipinski definition) is 2. The maximum absolute atomic E-state index is 14.7. The van der Waals surface area contributed by atoms with E-state index in [0.29, 0.717) is 13.0 Å². The predicted octanol–water partition coefficient (Wildman–Crippen LogP) is 2.19. The first-order chi connectivity index (χ1) is 13.8. The molecule has 1 aromatic heterocycles. The SMILES string of the molecule is O=C(O)N[C@@H]1COCC[C@H]1N1Cc2c(F)cc(-c3nnc(C(F)F)o3)cc2C1=O. The summed E-state index contributed by atoms with van der Waals surface area (Å²) in [6, 6.07) is 1.17. The molecular weight excluding hydrogens is 397 g/mol. The summed E-state index contributed by atoms with van der Waals surface area (Å²) in [5, 5.41) is 18.0. The number of carboxylic acid groups (broad SMARTS) is 1. The fourth-order valence-corrected chi connectivity index (χ4v) is 3.61. The summed E-state index contributed by atoms with van der Waals surface area (Å²) in [4.78, 5) is 25.3. The number of amides is 2. The molecule has 2 amide bonds. The van der Waals surface area contributed by atoms with Crippen LogP contribution >= 0.6 is 0 Å². The molecule has 2 N–H and O–H groups in total. The Morgan fingerprint density at radius 1 is 1.34 bits per heavy atom. The van der Waals surface area contributed by atoms with Gasteiger partial charge in [-0.3, -0.25) is 4.79 Å². The van der Waals surface area contributed by atoms with E-state index in [4.69, 9.17) is 14.3 Å². The molecule has 1 saturated heterocycles. The van der Waals surface area contributed by atoms with E-state index in [9.17, 15) is 22.8 Å². The molecule has 0 spiro atoms. The fraction of sp³-hybridized carbons (Fsp3) is 0.412. The molecule has 3 heterocycles. The lowest BCUT2D eigenvalue weighted by atomic mass is 10.0. The van der Waals surface area contributed by atoms with Crippen LogP contribution in [-0.4, -0.2) is 57.5 Å². The summed E-state index contributed by atoms with van der Waals surface area (Å²) in [6.45, 7) is 0.368. The molecule has 0 unspecified atom stereocenters. The monoisotopic (exact) mass is 412 g/mol. The van der Waals surface area contributed by atoms with E-state index in [-0.39, 0.29) is 35.7 Å². The van der Waals surface area contributed by atoms with Crippen LogP contribution in [0.15, 0.2) is 16.5 Å². The number of benzene rings is 1. The van der Waals surface area contributed by atoms with Crippen molar-refractivity contribution >= 4 is 12.0 Å². The summed E-state index contributed by atoms with van der Waals surface area (Å²) in [7, 11) is 0. The van der Waals surface area contributed by atoms with Gasteiger partial charge in [-0.1, -0.05) is 0 Å². The zero-order chi connectivity index (χ0) is 20.7. The highest BCUT2D eigenvalue weighted by atomic mass is 19.3. The van der Waals surface area contributed by atoms with Gasteiger partial charge in [0.25, 0.3) is 11.8 Å². The molecule has 2 aliphatic rings. The molecular formula is C17H15F3N4O5. The fourth-order valence-electron chi connectivity index (χ4n) is 3.61. The Balaban J connectivity index is 1.64. The number of carbonyl (C=O) groups excluding carboxylic acids is 1. The van der Waals surface area contributed by atoms with E-state index in [1.165, 1.54) is 11.0 Å². The van der Waals surface area contributed by atoms with E-state index in [2.05, 4.69) is 15.5 Å². The van der Waals surface area contributed by atoms with Crippen LogP contribution in [0.2, 0.25) is 0 Å². The van der Waals surface area contributed by atoms with Crippen molar-refractivity contribution in [3.8, 4) is 11.5 Å². The topological polar surface area (TPSA) is 118 Å². The zero-order valence-corrected chi connectivity index (χ0v) is 14.8. The number of aromatic nitrogens is 2. The van der Waals surface area contributed by atoms with Gasteiger partial charge in [0.1, 0.15) is 5.82 Å². The van der Waals surface area contributed by atoms with Gasteiger partial charge in [0.05, 0.1) is 25.2 Å². The Hall–Kier alpha value is -3.15. The number of nitrogens with zero attached hydrogens (tertiary/aromatic N) is 3. The van der Waals surface area contributed by atoms with Gasteiger partial charge in [0.15, 0.2) is 0 Å². The molecule has 2 atom stereocenters. The average molecular weight is 412 g/mol. The van der Waals surface area contributed by atoms with E-state index in [0.717, 1.165) is 6.07 Å². The smallest absolute Gasteiger partial charge is 0.405 e. The van der Waals surface area contributed by atoms with Gasteiger partial charge < -0.3 is 24.5 Å². The third-order valence-electron chi connectivity index (χ3n) is 4.92. The second kappa shape index (κ2) is 7.35. The van der Waals surface area contributed by atoms with Crippen molar-refractivity contribution in [2.24, 2.45) is 0 Å². The molecule has 4 rings (SSSR count). The standard InChI is InChI=1S/C17H15F3N4O5/c18-10-4-7(14-22-23-15(29-14)13(19)20)3-8-9(10)5-24(16(8)25)12-1-2-28-6-11(12)21-17(26)27/h3-4,11-13,21H,1-2,5-6H2,(H,26,27)/t11-,12-/m1/s1. The highest BCUT2D eigenvalue weighted by Crippen LogP contribution is 2.34. The van der Waals surface area contributed by atoms with Crippen molar-refractivity contribution in [3.05, 3.63) is 35.0 Å². The van der Waals surface area contributed by atoms with E-state index < -0.39 is 42.2 Å². The van der Waals surface area contributed by atoms with Gasteiger partial charge in [0, 0.05) is 23.3 Å². The summed E-state index contributed by atoms with van der Waals surface area (Å²) in [6.07, 6.45) is -3.85. The molecule has 2 aromatic rings. The molecule has 29 heavy (non-hydrogen) atoms. The summed E-state index contributed by atoms with van der Waals surface area (Å²) in [5.41, 5.74) is 0.174. The maximum Gasteiger partial charge on any atom is 0.405 e. The lowest BCUT2D eigenvalue weighted by Crippen LogP contribution is -2.56. The van der Waals surface area contributed by atoms with Gasteiger partial charge >= 0.3 is 12.5 Å². The third kappa shape index (κ3) is 3.50. The Morgan fingerprint density at radius 3 is 2.83 bits per heavy atom. The van der Waals surface area contributed by atoms with Crippen LogP contribution in [0.25, 0.3) is 11.5 Å². The number of fused-ring (bicyclic) bond motifs is 1. The second-order valence-electron chi connectivity index (χ2n) is 6.65. The van der Waals surface area contributed by atoms with Gasteiger partial charge in [-0.25, -0.2) is 9.18 Å². The molecule has 0 radical (unpaired) electrons. The second-order valence-corrected chi connectivity index (χ2v) is 6.65. The van der Waals surface area contributed by atoms with Crippen molar-refractivity contribution < 1.29 is 37.0 Å². The van der Waals surface area contributed by atoms with Gasteiger partial charge in [-0.05, 0) is 18.6 Å². The van der Waals surface area contributed by atoms with Crippen molar-refractivity contribution in [1.82, 2.24) is 20.4 Å². The summed E-state index contributed by atoms with van der Waals surface area (Å²) < 4.78 is 50.1. The number of carbonyl (C=O) groups is 2. The third-order valence-corrected chi connectivity index (χ3v) is 4.92. The minimum absolute atomic E-state index is 0.00281. The maximum atomic E-state index is 14.7. The first-order valence-corrected chi connectivity index (χ1v) is 8.67. The Morgan fingerprint density at radius 2 is 2.14 bits per heavy atom. The normalized spacial score (nSPS) is 21.5. The van der Waals surface area contributed by atoms with Crippen LogP contribution in [0.4, 0.5) is 18.0 Å². The number of halogens is 3. The molecule has 9 nitrogen and oxygen atoms in total. The first kappa shape index (κ1) is 19.2. The molecule has 154 valence electrons. The largest absolute Gasteiger partial charge is 0.465 e. The van der Waals surface area contributed by atoms with E-state index >= 15 is 0 Å². The number of alkyl halides is 2. The van der Waals surface area contributed by atoms with Gasteiger partial charge in [-0.2, -0.15) is 8.78 Å². The van der Waals surface area contributed by atoms with Crippen LogP contribution in [0.1, 0.15) is 34.7 Å². The van der Waals surface area contributed by atoms with Crippen LogP contribution in [0.5, 0.6) is 0 Å². The minimum atomic E-state index is -2.97. The molecule has 1 aromatic carbocycles. The zero-order valence-electron chi connectivity index (χ0n) is 14.8. The molecule has 0 aliphatic carbocycles. The quantitative estimate of drug-likeness (QED) is 0.790. The highest BCUT2D eigenvalue weighted by molar-refractivity contribution is 5.99. The average Bonchev–Trinajstić information content (AvgIpc) is 3.28. The Bertz CT molecular complexity index is 967. The molecule has 1 fully saturated rings. The van der Waals surface area contributed by atoms with Crippen molar-refractivity contribution in [1.29, 1.82) is 0 Å². The number of hydrogen-bond acceptors (Lipinski definition) is 6. The Kier molecular flexibility index (Phi) is 4.86. The molecule has 12 heteroatoms. The van der Waals surface area contributed by atoms with Crippen molar-refractivity contribution in [2.45, 2.75) is 31.5 Å². The predicted molar refractivity (Wildman–Crippen MR) is 88.7 cm³/mol. The number of rotatable bonds is 4. The molecule has 0 bridgehead atoms. The minimum Gasteiger partial charge on any atom is -0.465 e. The van der Waals surface area contributed by atoms with Crippen molar-refractivity contribution in [2.75, 3.05) is 13.2 Å². The van der Waals surface area contributed by atoms with Crippen LogP contribution in [-0.2, 0) is 11.3 Å². The number of ether oxygens (including phenoxy) is 1. The summed E-state index contributed by atoms with van der Waals surface area (Å²) >= 11 is 0. The first-order valence-electron chi connectivity index (χ1n) is 8.67. The van der Waals surface area contributed by atoms with E-state index in [1.807, 2.05) is 0 Å². The van der Waals surface area contributed by atoms with Crippen LogP contribution in [0.3, 0.4) is 0 Å². The lowest BCUT2D eigenvalue weighted by Gasteiger charge is -2.37. The molecule has 2 aliphatic heterocycles. The van der Waals surface area contributed by atoms with Crippen LogP contribution in [0, 0.1) is 5.82 Å².